The third-order valence-electron chi connectivity index (χ3n) is 4.44. The van der Waals surface area contributed by atoms with Crippen molar-refractivity contribution in [1.82, 2.24) is 4.90 Å². The molecule has 1 saturated heterocycles. The SMILES string of the molecule is C=CCOc1ccc(Br)cc1/C=C1/SC(=O)N(CC(=O)Nc2ccc(CC)cc2)C1=O. The lowest BCUT2D eigenvalue weighted by molar-refractivity contribution is -0.127. The Kier molecular flexibility index (Phi) is 7.70. The van der Waals surface area contributed by atoms with Gasteiger partial charge in [-0.2, -0.15) is 0 Å². The predicted molar refractivity (Wildman–Crippen MR) is 127 cm³/mol. The summed E-state index contributed by atoms with van der Waals surface area (Å²) in [6.45, 7) is 5.63. The van der Waals surface area contributed by atoms with E-state index in [1.54, 1.807) is 36.4 Å². The average molecular weight is 501 g/mol. The molecule has 1 aliphatic rings. The molecule has 8 heteroatoms. The van der Waals surface area contributed by atoms with Crippen LogP contribution in [0.2, 0.25) is 0 Å². The number of aryl methyl sites for hydroxylation is 1. The quantitative estimate of drug-likeness (QED) is 0.395. The molecule has 0 radical (unpaired) electrons. The lowest BCUT2D eigenvalue weighted by Crippen LogP contribution is -2.36. The van der Waals surface area contributed by atoms with E-state index in [1.165, 1.54) is 0 Å². The molecule has 0 aromatic heterocycles. The zero-order chi connectivity index (χ0) is 22.4. The van der Waals surface area contributed by atoms with Crippen LogP contribution < -0.4 is 10.1 Å². The number of amides is 3. The van der Waals surface area contributed by atoms with Gasteiger partial charge in [0, 0.05) is 15.7 Å². The summed E-state index contributed by atoms with van der Waals surface area (Å²) in [5.41, 5.74) is 2.41. The molecule has 6 nitrogen and oxygen atoms in total. The molecule has 0 unspecified atom stereocenters. The molecule has 0 bridgehead atoms. The molecule has 0 atom stereocenters. The van der Waals surface area contributed by atoms with Crippen LogP contribution in [0.3, 0.4) is 0 Å². The molecule has 1 aliphatic heterocycles. The molecule has 31 heavy (non-hydrogen) atoms. The second-order valence-corrected chi connectivity index (χ2v) is 8.56. The number of hydrogen-bond donors (Lipinski definition) is 1. The smallest absolute Gasteiger partial charge is 0.294 e. The zero-order valence-electron chi connectivity index (χ0n) is 16.9. The Labute approximate surface area is 193 Å². The van der Waals surface area contributed by atoms with E-state index in [0.717, 1.165) is 33.1 Å². The first kappa shape index (κ1) is 22.8. The number of anilines is 1. The maximum atomic E-state index is 12.8. The number of ether oxygens (including phenoxy) is 1. The summed E-state index contributed by atoms with van der Waals surface area (Å²) in [5.74, 6) is -0.394. The number of benzene rings is 2. The van der Waals surface area contributed by atoms with Gasteiger partial charge in [0.2, 0.25) is 5.91 Å². The standard InChI is InChI=1S/C23H21BrN2O4S/c1-3-11-30-19-10-7-17(24)12-16(19)13-20-22(28)26(23(29)31-20)14-21(27)25-18-8-5-15(4-2)6-9-18/h3,5-10,12-13H,1,4,11,14H2,2H3,(H,25,27)/b20-13+. The van der Waals surface area contributed by atoms with E-state index in [4.69, 9.17) is 4.74 Å². The number of rotatable bonds is 8. The number of nitrogens with one attached hydrogen (secondary N) is 1. The Morgan fingerprint density at radius 1 is 1.23 bits per heavy atom. The fourth-order valence-corrected chi connectivity index (χ4v) is 4.07. The number of carbonyl (C=O) groups is 3. The van der Waals surface area contributed by atoms with Crippen molar-refractivity contribution in [3.8, 4) is 5.75 Å². The van der Waals surface area contributed by atoms with Gasteiger partial charge in [0.25, 0.3) is 11.1 Å². The van der Waals surface area contributed by atoms with Gasteiger partial charge in [0.1, 0.15) is 18.9 Å². The zero-order valence-corrected chi connectivity index (χ0v) is 19.3. The third kappa shape index (κ3) is 5.86. The van der Waals surface area contributed by atoms with Crippen LogP contribution >= 0.6 is 27.7 Å². The maximum Gasteiger partial charge on any atom is 0.294 e. The highest BCUT2D eigenvalue weighted by Gasteiger charge is 2.36. The van der Waals surface area contributed by atoms with E-state index >= 15 is 0 Å². The van der Waals surface area contributed by atoms with Gasteiger partial charge in [0.15, 0.2) is 0 Å². The van der Waals surface area contributed by atoms with Gasteiger partial charge in [0.05, 0.1) is 4.91 Å². The van der Waals surface area contributed by atoms with Crippen LogP contribution in [0.1, 0.15) is 18.1 Å². The van der Waals surface area contributed by atoms with Crippen LogP contribution in [0, 0.1) is 0 Å². The first-order valence-corrected chi connectivity index (χ1v) is 11.2. The van der Waals surface area contributed by atoms with Crippen molar-refractivity contribution in [3.05, 3.63) is 75.6 Å². The molecular formula is C23H21BrN2O4S. The fourth-order valence-electron chi connectivity index (χ4n) is 2.86. The highest BCUT2D eigenvalue weighted by molar-refractivity contribution is 9.10. The van der Waals surface area contributed by atoms with Gasteiger partial charge in [-0.05, 0) is 60.2 Å². The Morgan fingerprint density at radius 2 is 1.97 bits per heavy atom. The number of halogens is 1. The Hall–Kier alpha value is -2.84. The van der Waals surface area contributed by atoms with E-state index in [1.807, 2.05) is 25.1 Å². The first-order valence-electron chi connectivity index (χ1n) is 9.58. The minimum absolute atomic E-state index is 0.228. The van der Waals surface area contributed by atoms with E-state index in [0.29, 0.717) is 23.6 Å². The average Bonchev–Trinajstić information content (AvgIpc) is 3.01. The minimum Gasteiger partial charge on any atom is -0.489 e. The first-order chi connectivity index (χ1) is 14.9. The van der Waals surface area contributed by atoms with E-state index in [2.05, 4.69) is 27.8 Å². The molecule has 1 heterocycles. The number of carbonyl (C=O) groups excluding carboxylic acids is 3. The van der Waals surface area contributed by atoms with Gasteiger partial charge in [-0.1, -0.05) is 47.6 Å². The molecular weight excluding hydrogens is 480 g/mol. The highest BCUT2D eigenvalue weighted by Crippen LogP contribution is 2.34. The summed E-state index contributed by atoms with van der Waals surface area (Å²) in [4.78, 5) is 38.7. The predicted octanol–water partition coefficient (Wildman–Crippen LogP) is 5.25. The van der Waals surface area contributed by atoms with Crippen LogP contribution in [0.15, 0.2) is 64.5 Å². The molecule has 160 valence electrons. The third-order valence-corrected chi connectivity index (χ3v) is 5.84. The van der Waals surface area contributed by atoms with Gasteiger partial charge in [-0.15, -0.1) is 0 Å². The fraction of sp³-hybridized carbons (Fsp3) is 0.174. The van der Waals surface area contributed by atoms with Crippen LogP contribution in [0.5, 0.6) is 5.75 Å². The summed E-state index contributed by atoms with van der Waals surface area (Å²) in [6.07, 6.45) is 4.11. The normalized spacial score (nSPS) is 14.8. The summed E-state index contributed by atoms with van der Waals surface area (Å²) < 4.78 is 6.42. The molecule has 1 N–H and O–H groups in total. The lowest BCUT2D eigenvalue weighted by atomic mass is 10.1. The van der Waals surface area contributed by atoms with Gasteiger partial charge >= 0.3 is 0 Å². The largest absolute Gasteiger partial charge is 0.489 e. The summed E-state index contributed by atoms with van der Waals surface area (Å²) in [7, 11) is 0. The van der Waals surface area contributed by atoms with Crippen molar-refractivity contribution in [2.24, 2.45) is 0 Å². The van der Waals surface area contributed by atoms with E-state index in [-0.39, 0.29) is 11.4 Å². The highest BCUT2D eigenvalue weighted by atomic mass is 79.9. The van der Waals surface area contributed by atoms with Crippen molar-refractivity contribution in [1.29, 1.82) is 0 Å². The molecule has 3 amide bonds. The molecule has 2 aromatic rings. The molecule has 0 saturated carbocycles. The second kappa shape index (κ2) is 10.5. The van der Waals surface area contributed by atoms with Crippen molar-refractivity contribution in [2.75, 3.05) is 18.5 Å². The summed E-state index contributed by atoms with van der Waals surface area (Å²) >= 11 is 4.19. The maximum absolute atomic E-state index is 12.8. The molecule has 0 aliphatic carbocycles. The Morgan fingerprint density at radius 3 is 2.65 bits per heavy atom. The van der Waals surface area contributed by atoms with Crippen LogP contribution in [-0.4, -0.2) is 35.1 Å². The topological polar surface area (TPSA) is 75.7 Å². The number of thioether (sulfide) groups is 1. The second-order valence-electron chi connectivity index (χ2n) is 6.65. The summed E-state index contributed by atoms with van der Waals surface area (Å²) in [6, 6.07) is 12.8. The number of imide groups is 1. The molecule has 3 rings (SSSR count). The molecule has 0 spiro atoms. The van der Waals surface area contributed by atoms with Crippen LogP contribution in [0.4, 0.5) is 10.5 Å². The minimum atomic E-state index is -0.513. The van der Waals surface area contributed by atoms with Gasteiger partial charge in [-0.25, -0.2) is 0 Å². The Balaban J connectivity index is 1.72. The van der Waals surface area contributed by atoms with Crippen molar-refractivity contribution >= 4 is 56.5 Å². The van der Waals surface area contributed by atoms with Gasteiger partial charge in [-0.3, -0.25) is 19.3 Å². The summed E-state index contributed by atoms with van der Waals surface area (Å²) in [5, 5.41) is 2.23. The van der Waals surface area contributed by atoms with Crippen molar-refractivity contribution in [2.45, 2.75) is 13.3 Å². The van der Waals surface area contributed by atoms with E-state index < -0.39 is 17.1 Å². The van der Waals surface area contributed by atoms with Gasteiger partial charge < -0.3 is 10.1 Å². The van der Waals surface area contributed by atoms with E-state index in [9.17, 15) is 14.4 Å². The lowest BCUT2D eigenvalue weighted by Gasteiger charge is -2.13. The monoisotopic (exact) mass is 500 g/mol. The number of nitrogens with zero attached hydrogens (tertiary/aromatic N) is 1. The Bertz CT molecular complexity index is 1050. The number of hydrogen-bond acceptors (Lipinski definition) is 5. The van der Waals surface area contributed by atoms with Crippen LogP contribution in [-0.2, 0) is 16.0 Å². The van der Waals surface area contributed by atoms with Crippen molar-refractivity contribution in [3.63, 3.8) is 0 Å². The molecule has 2 aromatic carbocycles. The molecule has 1 fully saturated rings. The van der Waals surface area contributed by atoms with Crippen LogP contribution in [0.25, 0.3) is 6.08 Å². The van der Waals surface area contributed by atoms with Crippen molar-refractivity contribution < 1.29 is 19.1 Å².